The standard InChI is InChI=1S/C32H51NO6S/c1-27(2)23-8-11-32(7)25(30(23,5)10-9-24(27)35)22(34)18-20-21-19-29(4,26(36)33-16-17-40(37,38)39)13-12-28(21,3)14-15-31(20,32)6/h18,21,23-25,35H,8-17,19H2,1-7H3,(H,33,36)(H,37,38,39)/t21-,23-,24-,25+,28+,29-,30-,31+,32+/m0/s1. The summed E-state index contributed by atoms with van der Waals surface area (Å²) in [5.41, 5.74) is -0.143. The highest BCUT2D eigenvalue weighted by atomic mass is 32.2. The van der Waals surface area contributed by atoms with Crippen LogP contribution in [-0.4, -0.2) is 48.2 Å². The third-order valence-corrected chi connectivity index (χ3v) is 14.5. The number of aliphatic hydroxyl groups excluding tert-OH is 1. The zero-order valence-corrected chi connectivity index (χ0v) is 26.4. The molecule has 0 aliphatic heterocycles. The number of nitrogens with one attached hydrogen (secondary N) is 1. The quantitative estimate of drug-likeness (QED) is 0.388. The summed E-state index contributed by atoms with van der Waals surface area (Å²) in [5, 5.41) is 13.7. The van der Waals surface area contributed by atoms with Crippen LogP contribution in [0, 0.1) is 50.2 Å². The minimum absolute atomic E-state index is 0.0150. The van der Waals surface area contributed by atoms with Crippen LogP contribution < -0.4 is 5.32 Å². The maximum absolute atomic E-state index is 14.4. The Hall–Kier alpha value is -1.25. The van der Waals surface area contributed by atoms with E-state index in [9.17, 15) is 23.1 Å². The van der Waals surface area contributed by atoms with Gasteiger partial charge in [0, 0.05) is 17.9 Å². The molecule has 0 aromatic rings. The fourth-order valence-electron chi connectivity index (χ4n) is 10.9. The molecule has 7 nitrogen and oxygen atoms in total. The number of rotatable bonds is 4. The Morgan fingerprint density at radius 3 is 2.27 bits per heavy atom. The van der Waals surface area contributed by atoms with Gasteiger partial charge in [-0.15, -0.1) is 0 Å². The average molecular weight is 578 g/mol. The third kappa shape index (κ3) is 4.20. The molecule has 40 heavy (non-hydrogen) atoms. The summed E-state index contributed by atoms with van der Waals surface area (Å²) in [4.78, 5) is 27.8. The van der Waals surface area contributed by atoms with Crippen LogP contribution in [0.15, 0.2) is 11.6 Å². The van der Waals surface area contributed by atoms with E-state index >= 15 is 0 Å². The summed E-state index contributed by atoms with van der Waals surface area (Å²) in [5.74, 6) is -0.114. The maximum atomic E-state index is 14.4. The van der Waals surface area contributed by atoms with Gasteiger partial charge in [-0.3, -0.25) is 14.1 Å². The molecular formula is C32H51NO6S. The fraction of sp³-hybridized carbons (Fsp3) is 0.875. The maximum Gasteiger partial charge on any atom is 0.266 e. The van der Waals surface area contributed by atoms with Crippen molar-refractivity contribution in [2.75, 3.05) is 12.3 Å². The van der Waals surface area contributed by atoms with Crippen molar-refractivity contribution >= 4 is 21.8 Å². The summed E-state index contributed by atoms with van der Waals surface area (Å²) in [6.45, 7) is 15.7. The molecule has 0 aromatic carbocycles. The topological polar surface area (TPSA) is 121 Å². The smallest absolute Gasteiger partial charge is 0.266 e. The van der Waals surface area contributed by atoms with E-state index in [1.165, 1.54) is 5.57 Å². The highest BCUT2D eigenvalue weighted by molar-refractivity contribution is 7.85. The van der Waals surface area contributed by atoms with Crippen molar-refractivity contribution in [2.45, 2.75) is 112 Å². The summed E-state index contributed by atoms with van der Waals surface area (Å²) >= 11 is 0. The number of fused-ring (bicyclic) bond motifs is 7. The number of carbonyl (C=O) groups is 2. The van der Waals surface area contributed by atoms with E-state index in [4.69, 9.17) is 4.55 Å². The van der Waals surface area contributed by atoms with Gasteiger partial charge in [-0.25, -0.2) is 0 Å². The molecule has 4 saturated carbocycles. The van der Waals surface area contributed by atoms with Crippen molar-refractivity contribution in [3.63, 3.8) is 0 Å². The molecule has 0 unspecified atom stereocenters. The van der Waals surface area contributed by atoms with Crippen LogP contribution >= 0.6 is 0 Å². The highest BCUT2D eigenvalue weighted by Crippen LogP contribution is 2.75. The Kier molecular flexibility index (Phi) is 6.89. The number of hydrogen-bond acceptors (Lipinski definition) is 5. The van der Waals surface area contributed by atoms with E-state index in [0.717, 1.165) is 44.9 Å². The van der Waals surface area contributed by atoms with Gasteiger partial charge in [-0.2, -0.15) is 8.42 Å². The molecule has 5 rings (SSSR count). The van der Waals surface area contributed by atoms with E-state index in [2.05, 4.69) is 46.9 Å². The average Bonchev–Trinajstić information content (AvgIpc) is 2.83. The number of hydrogen-bond donors (Lipinski definition) is 3. The van der Waals surface area contributed by atoms with Gasteiger partial charge in [0.05, 0.1) is 11.9 Å². The van der Waals surface area contributed by atoms with Crippen LogP contribution in [0.3, 0.4) is 0 Å². The number of aliphatic hydroxyl groups is 1. The Labute approximate surface area is 241 Å². The Balaban J connectivity index is 1.50. The first-order chi connectivity index (χ1) is 18.2. The minimum atomic E-state index is -4.15. The first-order valence-electron chi connectivity index (χ1n) is 15.4. The zero-order chi connectivity index (χ0) is 29.7. The summed E-state index contributed by atoms with van der Waals surface area (Å²) in [6.07, 6.45) is 9.58. The van der Waals surface area contributed by atoms with Gasteiger partial charge >= 0.3 is 0 Å². The van der Waals surface area contributed by atoms with Crippen LogP contribution in [0.4, 0.5) is 0 Å². The van der Waals surface area contributed by atoms with Crippen LogP contribution in [0.5, 0.6) is 0 Å². The fourth-order valence-corrected chi connectivity index (χ4v) is 11.2. The zero-order valence-electron chi connectivity index (χ0n) is 25.6. The van der Waals surface area contributed by atoms with Gasteiger partial charge in [0.25, 0.3) is 10.1 Å². The lowest BCUT2D eigenvalue weighted by Gasteiger charge is -2.70. The Morgan fingerprint density at radius 1 is 0.975 bits per heavy atom. The SMILES string of the molecule is CC1(C)[C@@H](O)CC[C@]2(C)[C@H]3C(=O)C=C4[C@@H]5C[C@@](C)(C(=O)NCCS(=O)(=O)O)CC[C@]5(C)CC[C@@]4(C)[C@]3(C)CC[C@@H]12. The molecule has 0 heterocycles. The number of carbonyl (C=O) groups excluding carboxylic acids is 2. The second-order valence-corrected chi connectivity index (χ2v) is 17.7. The largest absolute Gasteiger partial charge is 0.393 e. The third-order valence-electron chi connectivity index (χ3n) is 13.7. The molecule has 5 aliphatic carbocycles. The van der Waals surface area contributed by atoms with Crippen molar-refractivity contribution in [3.05, 3.63) is 11.6 Å². The second-order valence-electron chi connectivity index (χ2n) is 16.2. The van der Waals surface area contributed by atoms with Gasteiger partial charge in [0.15, 0.2) is 5.78 Å². The summed E-state index contributed by atoms with van der Waals surface area (Å²) in [7, 11) is -4.15. The van der Waals surface area contributed by atoms with Gasteiger partial charge < -0.3 is 10.4 Å². The summed E-state index contributed by atoms with van der Waals surface area (Å²) in [6, 6.07) is 0. The molecule has 0 radical (unpaired) electrons. The predicted molar refractivity (Wildman–Crippen MR) is 155 cm³/mol. The van der Waals surface area contributed by atoms with E-state index in [1.807, 2.05) is 13.0 Å². The molecule has 8 heteroatoms. The molecule has 0 aromatic heterocycles. The van der Waals surface area contributed by atoms with E-state index < -0.39 is 21.3 Å². The van der Waals surface area contributed by atoms with Crippen LogP contribution in [0.1, 0.15) is 106 Å². The van der Waals surface area contributed by atoms with Gasteiger partial charge in [-0.05, 0) is 103 Å². The second kappa shape index (κ2) is 9.12. The van der Waals surface area contributed by atoms with Crippen LogP contribution in [0.25, 0.3) is 0 Å². The van der Waals surface area contributed by atoms with Crippen molar-refractivity contribution in [3.8, 4) is 0 Å². The van der Waals surface area contributed by atoms with E-state index in [-0.39, 0.29) is 63.2 Å². The molecule has 0 spiro atoms. The molecule has 4 fully saturated rings. The molecule has 5 aliphatic rings. The molecule has 9 atom stereocenters. The van der Waals surface area contributed by atoms with Crippen molar-refractivity contribution in [1.82, 2.24) is 5.32 Å². The Bertz CT molecular complexity index is 1240. The lowest BCUT2D eigenvalue weighted by Crippen LogP contribution is -2.66. The van der Waals surface area contributed by atoms with Gasteiger partial charge in [0.2, 0.25) is 5.91 Å². The van der Waals surface area contributed by atoms with Crippen LogP contribution in [0.2, 0.25) is 0 Å². The normalized spacial score (nSPS) is 48.1. The first kappa shape index (κ1) is 30.2. The lowest BCUT2D eigenvalue weighted by atomic mass is 9.33. The molecule has 226 valence electrons. The molecule has 0 saturated heterocycles. The van der Waals surface area contributed by atoms with Crippen molar-refractivity contribution in [1.29, 1.82) is 0 Å². The van der Waals surface area contributed by atoms with Gasteiger partial charge in [0.1, 0.15) is 0 Å². The molecular weight excluding hydrogens is 526 g/mol. The lowest BCUT2D eigenvalue weighted by molar-refractivity contribution is -0.202. The molecule has 1 amide bonds. The highest BCUT2D eigenvalue weighted by Gasteiger charge is 2.70. The predicted octanol–water partition coefficient (Wildman–Crippen LogP) is 5.33. The summed E-state index contributed by atoms with van der Waals surface area (Å²) < 4.78 is 31.5. The monoisotopic (exact) mass is 577 g/mol. The Morgan fingerprint density at radius 2 is 1.62 bits per heavy atom. The van der Waals surface area contributed by atoms with Crippen molar-refractivity contribution < 1.29 is 27.7 Å². The van der Waals surface area contributed by atoms with Crippen LogP contribution in [-0.2, 0) is 19.7 Å². The molecule has 0 bridgehead atoms. The van der Waals surface area contributed by atoms with Gasteiger partial charge in [-0.1, -0.05) is 54.0 Å². The van der Waals surface area contributed by atoms with Crippen molar-refractivity contribution in [2.24, 2.45) is 50.2 Å². The first-order valence-corrected chi connectivity index (χ1v) is 17.0. The minimum Gasteiger partial charge on any atom is -0.393 e. The number of ketones is 1. The molecule has 3 N–H and O–H groups in total. The van der Waals surface area contributed by atoms with E-state index in [1.54, 1.807) is 0 Å². The van der Waals surface area contributed by atoms with E-state index in [0.29, 0.717) is 18.8 Å². The number of allylic oxidation sites excluding steroid dienone is 2. The number of amides is 1.